The van der Waals surface area contributed by atoms with E-state index in [4.69, 9.17) is 16.7 Å². The van der Waals surface area contributed by atoms with Crippen molar-refractivity contribution < 1.29 is 9.90 Å². The van der Waals surface area contributed by atoms with Crippen LogP contribution in [0.5, 0.6) is 0 Å². The molecule has 0 aliphatic carbocycles. The van der Waals surface area contributed by atoms with Crippen LogP contribution in [0, 0.1) is 0 Å². The number of amides is 1. The minimum Gasteiger partial charge on any atom is -0.395 e. The molecule has 1 aromatic rings. The van der Waals surface area contributed by atoms with Gasteiger partial charge in [0.25, 0.3) is 0 Å². The van der Waals surface area contributed by atoms with Crippen LogP contribution in [0.2, 0.25) is 5.15 Å². The monoisotopic (exact) mass is 256 g/mol. The maximum absolute atomic E-state index is 12.2. The van der Waals surface area contributed by atoms with E-state index in [0.29, 0.717) is 11.7 Å². The first-order chi connectivity index (χ1) is 7.89. The molecule has 1 N–H and O–H groups in total. The minimum absolute atomic E-state index is 0.0445. The van der Waals surface area contributed by atoms with Gasteiger partial charge >= 0.3 is 0 Å². The van der Waals surface area contributed by atoms with E-state index in [1.54, 1.807) is 25.4 Å². The van der Waals surface area contributed by atoms with Crippen molar-refractivity contribution in [3.8, 4) is 0 Å². The number of likely N-dealkylation sites (N-methyl/N-ethyl adjacent to an activating group) is 1. The van der Waals surface area contributed by atoms with Gasteiger partial charge in [-0.25, -0.2) is 4.98 Å². The van der Waals surface area contributed by atoms with Crippen LogP contribution < -0.4 is 0 Å². The maximum atomic E-state index is 12.2. The second kappa shape index (κ2) is 5.47. The molecule has 1 rings (SSSR count). The van der Waals surface area contributed by atoms with Crippen molar-refractivity contribution in [3.63, 3.8) is 0 Å². The molecule has 0 radical (unpaired) electrons. The number of carbonyl (C=O) groups is 1. The molecule has 1 amide bonds. The Balaban J connectivity index is 2.93. The van der Waals surface area contributed by atoms with Crippen molar-refractivity contribution in [1.29, 1.82) is 0 Å². The van der Waals surface area contributed by atoms with Gasteiger partial charge in [0.05, 0.1) is 12.0 Å². The second-order valence-corrected chi connectivity index (χ2v) is 4.83. The SMILES string of the molecule is CN(CCO)C(=O)C(C)(C)c1ccc(Cl)nc1. The molecule has 1 aromatic heterocycles. The van der Waals surface area contributed by atoms with Crippen LogP contribution in [-0.4, -0.2) is 41.1 Å². The lowest BCUT2D eigenvalue weighted by Crippen LogP contribution is -2.42. The Kier molecular flexibility index (Phi) is 4.48. The molecular weight excluding hydrogens is 240 g/mol. The number of pyridine rings is 1. The van der Waals surface area contributed by atoms with Crippen LogP contribution in [-0.2, 0) is 10.2 Å². The topological polar surface area (TPSA) is 53.4 Å². The third kappa shape index (κ3) is 3.17. The fourth-order valence-corrected chi connectivity index (χ4v) is 1.71. The fraction of sp³-hybridized carbons (Fsp3) is 0.500. The first kappa shape index (κ1) is 13.9. The van der Waals surface area contributed by atoms with Crippen molar-refractivity contribution in [2.24, 2.45) is 0 Å². The Morgan fingerprint density at radius 3 is 2.65 bits per heavy atom. The Bertz CT molecular complexity index is 390. The number of rotatable bonds is 4. The van der Waals surface area contributed by atoms with Gasteiger partial charge in [-0.1, -0.05) is 17.7 Å². The summed E-state index contributed by atoms with van der Waals surface area (Å²) in [6.45, 7) is 3.93. The number of aliphatic hydroxyl groups is 1. The molecule has 0 aromatic carbocycles. The lowest BCUT2D eigenvalue weighted by Gasteiger charge is -2.29. The van der Waals surface area contributed by atoms with Crippen LogP contribution in [0.15, 0.2) is 18.3 Å². The van der Waals surface area contributed by atoms with Gasteiger partial charge < -0.3 is 10.0 Å². The highest BCUT2D eigenvalue weighted by Gasteiger charge is 2.32. The van der Waals surface area contributed by atoms with Crippen molar-refractivity contribution in [2.75, 3.05) is 20.2 Å². The van der Waals surface area contributed by atoms with E-state index in [2.05, 4.69) is 4.98 Å². The van der Waals surface area contributed by atoms with Crippen LogP contribution in [0.25, 0.3) is 0 Å². The summed E-state index contributed by atoms with van der Waals surface area (Å²) in [6, 6.07) is 3.46. The van der Waals surface area contributed by atoms with Gasteiger partial charge in [-0.3, -0.25) is 4.79 Å². The van der Waals surface area contributed by atoms with Gasteiger partial charge in [0.2, 0.25) is 5.91 Å². The lowest BCUT2D eigenvalue weighted by atomic mass is 9.84. The number of hydrogen-bond acceptors (Lipinski definition) is 3. The summed E-state index contributed by atoms with van der Waals surface area (Å²) in [5.74, 6) is -0.0596. The smallest absolute Gasteiger partial charge is 0.232 e. The summed E-state index contributed by atoms with van der Waals surface area (Å²) in [4.78, 5) is 17.7. The summed E-state index contributed by atoms with van der Waals surface area (Å²) in [6.07, 6.45) is 1.60. The number of aromatic nitrogens is 1. The molecule has 0 aliphatic heterocycles. The number of aliphatic hydroxyl groups excluding tert-OH is 1. The number of hydrogen-bond donors (Lipinski definition) is 1. The second-order valence-electron chi connectivity index (χ2n) is 4.44. The van der Waals surface area contributed by atoms with Crippen LogP contribution in [0.4, 0.5) is 0 Å². The van der Waals surface area contributed by atoms with Gasteiger partial charge in [0, 0.05) is 19.8 Å². The minimum atomic E-state index is -0.679. The summed E-state index contributed by atoms with van der Waals surface area (Å²) < 4.78 is 0. The molecule has 17 heavy (non-hydrogen) atoms. The van der Waals surface area contributed by atoms with Gasteiger partial charge in [-0.2, -0.15) is 0 Å². The molecule has 94 valence electrons. The fourth-order valence-electron chi connectivity index (χ4n) is 1.60. The van der Waals surface area contributed by atoms with Crippen molar-refractivity contribution in [3.05, 3.63) is 29.0 Å². The largest absolute Gasteiger partial charge is 0.395 e. The van der Waals surface area contributed by atoms with E-state index < -0.39 is 5.41 Å². The van der Waals surface area contributed by atoms with Crippen LogP contribution in [0.1, 0.15) is 19.4 Å². The quantitative estimate of drug-likeness (QED) is 0.830. The molecule has 0 bridgehead atoms. The standard InChI is InChI=1S/C12H17ClN2O2/c1-12(2,11(17)15(3)6-7-16)9-4-5-10(13)14-8-9/h4-5,8,16H,6-7H2,1-3H3. The Morgan fingerprint density at radius 1 is 1.53 bits per heavy atom. The summed E-state index contributed by atoms with van der Waals surface area (Å²) >= 11 is 5.71. The summed E-state index contributed by atoms with van der Waals surface area (Å²) in [5.41, 5.74) is 0.123. The van der Waals surface area contributed by atoms with Crippen molar-refractivity contribution >= 4 is 17.5 Å². The highest BCUT2D eigenvalue weighted by atomic mass is 35.5. The molecule has 0 atom stereocenters. The van der Waals surface area contributed by atoms with Crippen LogP contribution >= 0.6 is 11.6 Å². The third-order valence-corrected chi connectivity index (χ3v) is 2.99. The molecule has 0 spiro atoms. The predicted molar refractivity (Wildman–Crippen MR) is 67.0 cm³/mol. The normalized spacial score (nSPS) is 11.4. The van der Waals surface area contributed by atoms with Gasteiger partial charge in [0.15, 0.2) is 0 Å². The molecule has 1 heterocycles. The van der Waals surface area contributed by atoms with E-state index in [1.807, 2.05) is 13.8 Å². The van der Waals surface area contributed by atoms with Crippen LogP contribution in [0.3, 0.4) is 0 Å². The zero-order valence-corrected chi connectivity index (χ0v) is 11.0. The van der Waals surface area contributed by atoms with Crippen molar-refractivity contribution in [2.45, 2.75) is 19.3 Å². The van der Waals surface area contributed by atoms with E-state index in [9.17, 15) is 4.79 Å². The van der Waals surface area contributed by atoms with Gasteiger partial charge in [-0.15, -0.1) is 0 Å². The number of nitrogens with zero attached hydrogens (tertiary/aromatic N) is 2. The highest BCUT2D eigenvalue weighted by molar-refractivity contribution is 6.29. The molecule has 0 fully saturated rings. The van der Waals surface area contributed by atoms with E-state index in [1.165, 1.54) is 4.90 Å². The molecule has 4 nitrogen and oxygen atoms in total. The predicted octanol–water partition coefficient (Wildman–Crippen LogP) is 1.46. The summed E-state index contributed by atoms with van der Waals surface area (Å²) in [7, 11) is 1.67. The third-order valence-electron chi connectivity index (χ3n) is 2.77. The first-order valence-electron chi connectivity index (χ1n) is 5.38. The lowest BCUT2D eigenvalue weighted by molar-refractivity contribution is -0.135. The molecule has 0 aliphatic rings. The Morgan fingerprint density at radius 2 is 2.18 bits per heavy atom. The first-order valence-corrected chi connectivity index (χ1v) is 5.76. The highest BCUT2D eigenvalue weighted by Crippen LogP contribution is 2.25. The summed E-state index contributed by atoms with van der Waals surface area (Å²) in [5, 5.41) is 9.24. The Hall–Kier alpha value is -1.13. The molecular formula is C12H17ClN2O2. The van der Waals surface area contributed by atoms with E-state index >= 15 is 0 Å². The maximum Gasteiger partial charge on any atom is 0.232 e. The molecule has 0 saturated heterocycles. The Labute approximate surface area is 106 Å². The zero-order valence-electron chi connectivity index (χ0n) is 10.3. The molecule has 0 saturated carbocycles. The van der Waals surface area contributed by atoms with E-state index in [0.717, 1.165) is 5.56 Å². The van der Waals surface area contributed by atoms with E-state index in [-0.39, 0.29) is 12.5 Å². The van der Waals surface area contributed by atoms with Gasteiger partial charge in [-0.05, 0) is 25.5 Å². The average Bonchev–Trinajstić information content (AvgIpc) is 2.29. The van der Waals surface area contributed by atoms with Crippen molar-refractivity contribution in [1.82, 2.24) is 9.88 Å². The average molecular weight is 257 g/mol. The molecule has 0 unspecified atom stereocenters. The number of carbonyl (C=O) groups excluding carboxylic acids is 1. The number of halogens is 1. The molecule has 5 heteroatoms. The van der Waals surface area contributed by atoms with Gasteiger partial charge in [0.1, 0.15) is 5.15 Å². The zero-order chi connectivity index (χ0) is 13.1.